The number of carbonyl (C=O) groups is 3. The lowest BCUT2D eigenvalue weighted by Crippen LogP contribution is -2.34. The van der Waals surface area contributed by atoms with Gasteiger partial charge < -0.3 is 15.0 Å². The molecule has 0 fully saturated rings. The van der Waals surface area contributed by atoms with Gasteiger partial charge in [-0.3, -0.25) is 9.59 Å². The number of hydrogen-bond donors (Lipinski definition) is 1. The van der Waals surface area contributed by atoms with E-state index in [1.54, 1.807) is 35.2 Å². The van der Waals surface area contributed by atoms with Crippen LogP contribution in [0.25, 0.3) is 0 Å². The lowest BCUT2D eigenvalue weighted by atomic mass is 9.99. The number of fused-ring (bicyclic) bond motifs is 1. The first-order chi connectivity index (χ1) is 15.0. The van der Waals surface area contributed by atoms with Crippen molar-refractivity contribution in [2.75, 3.05) is 17.3 Å². The molecule has 0 saturated heterocycles. The fourth-order valence-electron chi connectivity index (χ4n) is 3.66. The van der Waals surface area contributed by atoms with Gasteiger partial charge in [-0.2, -0.15) is 0 Å². The summed E-state index contributed by atoms with van der Waals surface area (Å²) >= 11 is 0. The molecule has 1 aliphatic heterocycles. The number of anilines is 2. The third-order valence-electron chi connectivity index (χ3n) is 5.29. The van der Waals surface area contributed by atoms with Gasteiger partial charge in [-0.1, -0.05) is 30.3 Å². The summed E-state index contributed by atoms with van der Waals surface area (Å²) in [4.78, 5) is 38.5. The van der Waals surface area contributed by atoms with E-state index < -0.39 is 5.97 Å². The first-order valence-electron chi connectivity index (χ1n) is 10.0. The minimum Gasteiger partial charge on any atom is -0.465 e. The highest BCUT2D eigenvalue weighted by molar-refractivity contribution is 6.05. The summed E-state index contributed by atoms with van der Waals surface area (Å²) in [7, 11) is 1.31. The molecule has 6 nitrogen and oxygen atoms in total. The van der Waals surface area contributed by atoms with Crippen molar-refractivity contribution in [2.45, 2.75) is 19.4 Å². The number of rotatable bonds is 5. The van der Waals surface area contributed by atoms with Crippen molar-refractivity contribution >= 4 is 29.2 Å². The molecule has 0 aromatic heterocycles. The number of hydrogen-bond acceptors (Lipinski definition) is 4. The topological polar surface area (TPSA) is 75.7 Å². The van der Waals surface area contributed by atoms with Crippen molar-refractivity contribution in [3.8, 4) is 0 Å². The molecule has 1 heterocycles. The summed E-state index contributed by atoms with van der Waals surface area (Å²) in [6.07, 6.45) is 1.07. The van der Waals surface area contributed by atoms with E-state index in [0.717, 1.165) is 16.8 Å². The van der Waals surface area contributed by atoms with Crippen molar-refractivity contribution in [1.82, 2.24) is 0 Å². The van der Waals surface area contributed by atoms with Crippen LogP contribution in [-0.2, 0) is 22.5 Å². The normalized spacial score (nSPS) is 12.8. The molecule has 0 aliphatic carbocycles. The predicted molar refractivity (Wildman–Crippen MR) is 118 cm³/mol. The maximum Gasteiger partial charge on any atom is 0.337 e. The van der Waals surface area contributed by atoms with Crippen LogP contribution < -0.4 is 10.2 Å². The number of aryl methyl sites for hydroxylation is 1. The fourth-order valence-corrected chi connectivity index (χ4v) is 3.66. The molecule has 31 heavy (non-hydrogen) atoms. The quantitative estimate of drug-likeness (QED) is 0.635. The van der Waals surface area contributed by atoms with Crippen LogP contribution in [0.2, 0.25) is 0 Å². The Kier molecular flexibility index (Phi) is 5.80. The minimum atomic E-state index is -0.448. The van der Waals surface area contributed by atoms with Gasteiger partial charge in [0.25, 0.3) is 5.91 Å². The average Bonchev–Trinajstić information content (AvgIpc) is 2.81. The Labute approximate surface area is 180 Å². The number of carbonyl (C=O) groups excluding carboxylic acids is 3. The van der Waals surface area contributed by atoms with Crippen molar-refractivity contribution in [2.24, 2.45) is 0 Å². The lowest BCUT2D eigenvalue weighted by Gasteiger charge is -2.30. The summed E-state index contributed by atoms with van der Waals surface area (Å²) < 4.78 is 4.67. The number of esters is 1. The van der Waals surface area contributed by atoms with E-state index in [1.165, 1.54) is 7.11 Å². The molecular weight excluding hydrogens is 392 g/mol. The molecule has 0 bridgehead atoms. The van der Waals surface area contributed by atoms with Gasteiger partial charge in [0.05, 0.1) is 19.2 Å². The molecule has 3 aromatic carbocycles. The number of nitrogens with one attached hydrogen (secondary N) is 1. The van der Waals surface area contributed by atoms with E-state index in [1.807, 2.05) is 42.5 Å². The van der Waals surface area contributed by atoms with Gasteiger partial charge in [-0.25, -0.2) is 4.79 Å². The highest BCUT2D eigenvalue weighted by atomic mass is 16.5. The molecule has 6 heteroatoms. The number of nitrogens with zero attached hydrogens (tertiary/aromatic N) is 1. The van der Waals surface area contributed by atoms with Crippen LogP contribution in [0, 0.1) is 0 Å². The zero-order chi connectivity index (χ0) is 21.8. The van der Waals surface area contributed by atoms with Crippen LogP contribution in [-0.4, -0.2) is 24.9 Å². The zero-order valence-corrected chi connectivity index (χ0v) is 17.1. The Morgan fingerprint density at radius 3 is 2.35 bits per heavy atom. The molecule has 156 valence electrons. The Hall–Kier alpha value is -3.93. The SMILES string of the molecule is COC(=O)c1ccc(C(=O)Nc2ccc3c(c2)CCC(=O)N3Cc2ccccc2)cc1. The highest BCUT2D eigenvalue weighted by Crippen LogP contribution is 2.31. The number of benzene rings is 3. The summed E-state index contributed by atoms with van der Waals surface area (Å²) in [6.45, 7) is 0.519. The van der Waals surface area contributed by atoms with Crippen LogP contribution >= 0.6 is 0 Å². The molecule has 3 aromatic rings. The van der Waals surface area contributed by atoms with E-state index in [0.29, 0.717) is 36.2 Å². The number of methoxy groups -OCH3 is 1. The van der Waals surface area contributed by atoms with Gasteiger partial charge in [-0.15, -0.1) is 0 Å². The highest BCUT2D eigenvalue weighted by Gasteiger charge is 2.24. The minimum absolute atomic E-state index is 0.0961. The molecule has 0 spiro atoms. The van der Waals surface area contributed by atoms with Crippen molar-refractivity contribution < 1.29 is 19.1 Å². The number of ether oxygens (including phenoxy) is 1. The van der Waals surface area contributed by atoms with Gasteiger partial charge >= 0.3 is 5.97 Å². The Bertz CT molecular complexity index is 1120. The second-order valence-electron chi connectivity index (χ2n) is 7.33. The van der Waals surface area contributed by atoms with Crippen molar-refractivity contribution in [1.29, 1.82) is 0 Å². The molecule has 0 saturated carbocycles. The van der Waals surface area contributed by atoms with Crippen LogP contribution in [0.1, 0.15) is 38.3 Å². The van der Waals surface area contributed by atoms with E-state index in [4.69, 9.17) is 0 Å². The van der Waals surface area contributed by atoms with Crippen LogP contribution in [0.15, 0.2) is 72.8 Å². The predicted octanol–water partition coefficient (Wildman–Crippen LogP) is 4.20. The lowest BCUT2D eigenvalue weighted by molar-refractivity contribution is -0.119. The smallest absolute Gasteiger partial charge is 0.337 e. The molecule has 0 atom stereocenters. The molecule has 1 aliphatic rings. The third kappa shape index (κ3) is 4.48. The third-order valence-corrected chi connectivity index (χ3v) is 5.29. The standard InChI is InChI=1S/C25H22N2O4/c1-31-25(30)19-9-7-18(8-10-19)24(29)26-21-12-13-22-20(15-21)11-14-23(28)27(22)16-17-5-3-2-4-6-17/h2-10,12-13,15H,11,14,16H2,1H3,(H,26,29). The van der Waals surface area contributed by atoms with E-state index in [2.05, 4.69) is 10.1 Å². The van der Waals surface area contributed by atoms with Gasteiger partial charge in [0.15, 0.2) is 0 Å². The summed E-state index contributed by atoms with van der Waals surface area (Å²) in [5.74, 6) is -0.625. The van der Waals surface area contributed by atoms with E-state index >= 15 is 0 Å². The first-order valence-corrected chi connectivity index (χ1v) is 10.0. The Balaban J connectivity index is 1.51. The van der Waals surface area contributed by atoms with Gasteiger partial charge in [0.1, 0.15) is 0 Å². The largest absolute Gasteiger partial charge is 0.465 e. The van der Waals surface area contributed by atoms with Gasteiger partial charge in [-0.05, 0) is 60.0 Å². The maximum absolute atomic E-state index is 12.6. The van der Waals surface area contributed by atoms with Crippen LogP contribution in [0.4, 0.5) is 11.4 Å². The second-order valence-corrected chi connectivity index (χ2v) is 7.33. The number of amides is 2. The molecule has 0 radical (unpaired) electrons. The molecule has 4 rings (SSSR count). The molecular formula is C25H22N2O4. The van der Waals surface area contributed by atoms with Crippen molar-refractivity contribution in [3.63, 3.8) is 0 Å². The molecule has 2 amide bonds. The van der Waals surface area contributed by atoms with Crippen LogP contribution in [0.5, 0.6) is 0 Å². The van der Waals surface area contributed by atoms with E-state index in [9.17, 15) is 14.4 Å². The Morgan fingerprint density at radius 2 is 1.65 bits per heavy atom. The maximum atomic E-state index is 12.6. The molecule has 0 unspecified atom stereocenters. The molecule has 1 N–H and O–H groups in total. The summed E-state index contributed by atoms with van der Waals surface area (Å²) in [5.41, 5.74) is 4.45. The van der Waals surface area contributed by atoms with Crippen LogP contribution in [0.3, 0.4) is 0 Å². The second kappa shape index (κ2) is 8.83. The summed E-state index contributed by atoms with van der Waals surface area (Å²) in [6, 6.07) is 21.8. The first kappa shape index (κ1) is 20.3. The van der Waals surface area contributed by atoms with Crippen molar-refractivity contribution in [3.05, 3.63) is 95.1 Å². The van der Waals surface area contributed by atoms with E-state index in [-0.39, 0.29) is 11.8 Å². The Morgan fingerprint density at radius 1 is 0.935 bits per heavy atom. The zero-order valence-electron chi connectivity index (χ0n) is 17.1. The van der Waals surface area contributed by atoms with Gasteiger partial charge in [0.2, 0.25) is 5.91 Å². The van der Waals surface area contributed by atoms with Gasteiger partial charge in [0, 0.05) is 23.4 Å². The monoisotopic (exact) mass is 414 g/mol. The summed E-state index contributed by atoms with van der Waals surface area (Å²) in [5, 5.41) is 2.89. The average molecular weight is 414 g/mol. The fraction of sp³-hybridized carbons (Fsp3) is 0.160.